The van der Waals surface area contributed by atoms with Gasteiger partial charge in [-0.25, -0.2) is 0 Å². The highest BCUT2D eigenvalue weighted by atomic mass is 16.3. The summed E-state index contributed by atoms with van der Waals surface area (Å²) in [7, 11) is 0. The van der Waals surface area contributed by atoms with Crippen LogP contribution in [0.15, 0.2) is 0 Å². The SMILES string of the molecule is CC(C)CN(CO)CC(C)C. The Hall–Kier alpha value is -0.0800. The van der Waals surface area contributed by atoms with Crippen LogP contribution in [-0.4, -0.2) is 29.8 Å². The third kappa shape index (κ3) is 6.32. The van der Waals surface area contributed by atoms with E-state index in [1.54, 1.807) is 0 Å². The van der Waals surface area contributed by atoms with Gasteiger partial charge in [0.05, 0.1) is 6.73 Å². The quantitative estimate of drug-likeness (QED) is 0.615. The Morgan fingerprint density at radius 2 is 1.36 bits per heavy atom. The van der Waals surface area contributed by atoms with Crippen molar-refractivity contribution in [2.45, 2.75) is 27.7 Å². The van der Waals surface area contributed by atoms with Crippen LogP contribution >= 0.6 is 0 Å². The average molecular weight is 159 g/mol. The molecule has 2 heteroatoms. The van der Waals surface area contributed by atoms with Crippen LogP contribution in [0.1, 0.15) is 27.7 Å². The molecular formula is C9H21NO. The van der Waals surface area contributed by atoms with Gasteiger partial charge in [-0.1, -0.05) is 27.7 Å². The van der Waals surface area contributed by atoms with Crippen molar-refractivity contribution < 1.29 is 5.11 Å². The van der Waals surface area contributed by atoms with Crippen molar-refractivity contribution in [3.05, 3.63) is 0 Å². The molecule has 0 spiro atoms. The van der Waals surface area contributed by atoms with Crippen LogP contribution in [0, 0.1) is 11.8 Å². The summed E-state index contributed by atoms with van der Waals surface area (Å²) in [5, 5.41) is 8.95. The van der Waals surface area contributed by atoms with Gasteiger partial charge in [0.25, 0.3) is 0 Å². The lowest BCUT2D eigenvalue weighted by Crippen LogP contribution is -2.32. The van der Waals surface area contributed by atoms with Crippen LogP contribution in [0.2, 0.25) is 0 Å². The Bertz CT molecular complexity index is 81.6. The highest BCUT2D eigenvalue weighted by Gasteiger charge is 2.06. The first-order chi connectivity index (χ1) is 5.06. The second-order valence-electron chi connectivity index (χ2n) is 3.97. The third-order valence-electron chi connectivity index (χ3n) is 1.45. The summed E-state index contributed by atoms with van der Waals surface area (Å²) in [6.45, 7) is 10.9. The molecule has 0 amide bonds. The minimum atomic E-state index is 0.191. The summed E-state index contributed by atoms with van der Waals surface area (Å²) < 4.78 is 0. The van der Waals surface area contributed by atoms with Crippen LogP contribution in [0.3, 0.4) is 0 Å². The van der Waals surface area contributed by atoms with Gasteiger partial charge >= 0.3 is 0 Å². The van der Waals surface area contributed by atoms with Crippen molar-refractivity contribution in [2.75, 3.05) is 19.8 Å². The van der Waals surface area contributed by atoms with Crippen LogP contribution in [0.25, 0.3) is 0 Å². The van der Waals surface area contributed by atoms with Crippen molar-refractivity contribution in [3.63, 3.8) is 0 Å². The molecule has 0 aromatic heterocycles. The van der Waals surface area contributed by atoms with E-state index in [1.807, 2.05) is 0 Å². The molecule has 68 valence electrons. The Labute approximate surface area is 70.2 Å². The van der Waals surface area contributed by atoms with Crippen molar-refractivity contribution in [1.29, 1.82) is 0 Å². The second-order valence-corrected chi connectivity index (χ2v) is 3.97. The van der Waals surface area contributed by atoms with Gasteiger partial charge in [0.1, 0.15) is 0 Å². The number of aliphatic hydroxyl groups is 1. The molecule has 1 N–H and O–H groups in total. The lowest BCUT2D eigenvalue weighted by atomic mass is 10.1. The van der Waals surface area contributed by atoms with E-state index >= 15 is 0 Å². The smallest absolute Gasteiger partial charge is 0.0956 e. The van der Waals surface area contributed by atoms with Crippen LogP contribution < -0.4 is 0 Å². The molecule has 0 bridgehead atoms. The van der Waals surface area contributed by atoms with E-state index < -0.39 is 0 Å². The molecule has 0 heterocycles. The van der Waals surface area contributed by atoms with Crippen LogP contribution in [-0.2, 0) is 0 Å². The van der Waals surface area contributed by atoms with Gasteiger partial charge in [-0.3, -0.25) is 4.90 Å². The summed E-state index contributed by atoms with van der Waals surface area (Å²) >= 11 is 0. The zero-order valence-electron chi connectivity index (χ0n) is 8.17. The number of nitrogens with zero attached hydrogens (tertiary/aromatic N) is 1. The predicted molar refractivity (Wildman–Crippen MR) is 48.3 cm³/mol. The first-order valence-electron chi connectivity index (χ1n) is 4.39. The molecule has 0 aliphatic rings. The molecule has 0 aliphatic heterocycles. The summed E-state index contributed by atoms with van der Waals surface area (Å²) in [5.74, 6) is 1.28. The zero-order chi connectivity index (χ0) is 8.85. The maximum absolute atomic E-state index is 8.95. The zero-order valence-corrected chi connectivity index (χ0v) is 8.17. The van der Waals surface area contributed by atoms with Crippen LogP contribution in [0.5, 0.6) is 0 Å². The van der Waals surface area contributed by atoms with Gasteiger partial charge in [0, 0.05) is 13.1 Å². The highest BCUT2D eigenvalue weighted by Crippen LogP contribution is 2.01. The molecule has 0 aliphatic carbocycles. The average Bonchev–Trinajstić information content (AvgIpc) is 1.84. The van der Waals surface area contributed by atoms with Gasteiger partial charge in [-0.15, -0.1) is 0 Å². The molecule has 0 rings (SSSR count). The van der Waals surface area contributed by atoms with Gasteiger partial charge in [0.2, 0.25) is 0 Å². The Balaban J connectivity index is 3.58. The highest BCUT2D eigenvalue weighted by molar-refractivity contribution is 4.58. The van der Waals surface area contributed by atoms with E-state index in [2.05, 4.69) is 32.6 Å². The van der Waals surface area contributed by atoms with Crippen molar-refractivity contribution in [2.24, 2.45) is 11.8 Å². The third-order valence-corrected chi connectivity index (χ3v) is 1.45. The largest absolute Gasteiger partial charge is 0.381 e. The molecule has 0 atom stereocenters. The van der Waals surface area contributed by atoms with E-state index in [1.165, 1.54) is 0 Å². The molecule has 11 heavy (non-hydrogen) atoms. The number of rotatable bonds is 5. The summed E-state index contributed by atoms with van der Waals surface area (Å²) in [6.07, 6.45) is 0. The molecule has 0 unspecified atom stereocenters. The molecule has 0 radical (unpaired) electrons. The Morgan fingerprint density at radius 1 is 1.00 bits per heavy atom. The van der Waals surface area contributed by atoms with Gasteiger partial charge < -0.3 is 5.11 Å². The van der Waals surface area contributed by atoms with Gasteiger partial charge in [0.15, 0.2) is 0 Å². The van der Waals surface area contributed by atoms with Crippen molar-refractivity contribution >= 4 is 0 Å². The maximum atomic E-state index is 8.95. The molecule has 0 fully saturated rings. The van der Waals surface area contributed by atoms with Gasteiger partial charge in [-0.05, 0) is 11.8 Å². The predicted octanol–water partition coefficient (Wildman–Crippen LogP) is 1.55. The molecule has 0 aromatic rings. The van der Waals surface area contributed by atoms with E-state index in [9.17, 15) is 0 Å². The molecule has 2 nitrogen and oxygen atoms in total. The first-order valence-corrected chi connectivity index (χ1v) is 4.39. The van der Waals surface area contributed by atoms with Crippen LogP contribution in [0.4, 0.5) is 0 Å². The standard InChI is InChI=1S/C9H21NO/c1-8(2)5-10(7-11)6-9(3)4/h8-9,11H,5-7H2,1-4H3. The number of aliphatic hydroxyl groups excluding tert-OH is 1. The van der Waals surface area contributed by atoms with E-state index in [-0.39, 0.29) is 6.73 Å². The fraction of sp³-hybridized carbons (Fsp3) is 1.00. The lowest BCUT2D eigenvalue weighted by Gasteiger charge is -2.23. The van der Waals surface area contributed by atoms with Gasteiger partial charge in [-0.2, -0.15) is 0 Å². The topological polar surface area (TPSA) is 23.5 Å². The maximum Gasteiger partial charge on any atom is 0.0956 e. The number of hydrogen-bond acceptors (Lipinski definition) is 2. The normalized spacial score (nSPS) is 12.0. The van der Waals surface area contributed by atoms with E-state index in [0.717, 1.165) is 13.1 Å². The van der Waals surface area contributed by atoms with Crippen molar-refractivity contribution in [3.8, 4) is 0 Å². The van der Waals surface area contributed by atoms with Crippen molar-refractivity contribution in [1.82, 2.24) is 4.90 Å². The number of hydrogen-bond donors (Lipinski definition) is 1. The Morgan fingerprint density at radius 3 is 1.55 bits per heavy atom. The fourth-order valence-electron chi connectivity index (χ4n) is 1.22. The minimum absolute atomic E-state index is 0.191. The summed E-state index contributed by atoms with van der Waals surface area (Å²) in [6, 6.07) is 0. The molecule has 0 saturated carbocycles. The molecular weight excluding hydrogens is 138 g/mol. The summed E-state index contributed by atoms with van der Waals surface area (Å²) in [4.78, 5) is 2.08. The summed E-state index contributed by atoms with van der Waals surface area (Å²) in [5.41, 5.74) is 0. The second kappa shape index (κ2) is 5.56. The fourth-order valence-corrected chi connectivity index (χ4v) is 1.22. The molecule has 0 aromatic carbocycles. The lowest BCUT2D eigenvalue weighted by molar-refractivity contribution is 0.0854. The van der Waals surface area contributed by atoms with E-state index in [0.29, 0.717) is 11.8 Å². The first kappa shape index (κ1) is 10.9. The molecule has 0 saturated heterocycles. The van der Waals surface area contributed by atoms with E-state index in [4.69, 9.17) is 5.11 Å². The minimum Gasteiger partial charge on any atom is -0.381 e. The Kier molecular flexibility index (Phi) is 5.51. The monoisotopic (exact) mass is 159 g/mol.